The Morgan fingerprint density at radius 1 is 1.00 bits per heavy atom. The van der Waals surface area contributed by atoms with E-state index in [2.05, 4.69) is 4.90 Å². The molecule has 1 unspecified atom stereocenters. The predicted octanol–water partition coefficient (Wildman–Crippen LogP) is 2.31. The molecule has 0 saturated carbocycles. The second-order valence-electron chi connectivity index (χ2n) is 6.60. The van der Waals surface area contributed by atoms with Crippen LogP contribution in [0.15, 0.2) is 54.6 Å². The standard InChI is InChI=1S/C21H26N2O4.ClH/c1-26-19-7-9-20(10-8-19)27-16-18(24)15-22-11-13-23(14-12-22)21(25)17-5-3-2-4-6-17;/h2-10,18,24H,11-16H2,1H3;1H. The predicted molar refractivity (Wildman–Crippen MR) is 111 cm³/mol. The first-order valence-electron chi connectivity index (χ1n) is 9.17. The average molecular weight is 407 g/mol. The number of piperazine rings is 1. The van der Waals surface area contributed by atoms with Crippen LogP contribution < -0.4 is 9.47 Å². The van der Waals surface area contributed by atoms with Crippen molar-refractivity contribution in [1.82, 2.24) is 9.80 Å². The molecule has 7 heteroatoms. The molecule has 3 rings (SSSR count). The van der Waals surface area contributed by atoms with Gasteiger partial charge in [0, 0.05) is 38.3 Å². The van der Waals surface area contributed by atoms with Gasteiger partial charge < -0.3 is 19.5 Å². The van der Waals surface area contributed by atoms with Crippen LogP contribution in [0.2, 0.25) is 0 Å². The third kappa shape index (κ3) is 6.12. The number of aliphatic hydroxyl groups excluding tert-OH is 1. The molecule has 2 aromatic rings. The van der Waals surface area contributed by atoms with Gasteiger partial charge >= 0.3 is 0 Å². The SMILES string of the molecule is COc1ccc(OCC(O)CN2CCN(C(=O)c3ccccc3)CC2)cc1.Cl. The minimum Gasteiger partial charge on any atom is -0.497 e. The van der Waals surface area contributed by atoms with E-state index in [9.17, 15) is 9.90 Å². The number of β-amino-alcohol motifs (C(OH)–C–C–N with tert-alkyl or cyclic N) is 1. The Bertz CT molecular complexity index is 719. The van der Waals surface area contributed by atoms with Crippen LogP contribution in [-0.4, -0.2) is 73.4 Å². The van der Waals surface area contributed by atoms with E-state index >= 15 is 0 Å². The summed E-state index contributed by atoms with van der Waals surface area (Å²) in [6.07, 6.45) is -0.580. The van der Waals surface area contributed by atoms with Gasteiger partial charge in [-0.25, -0.2) is 0 Å². The number of benzene rings is 2. The van der Waals surface area contributed by atoms with E-state index in [0.717, 1.165) is 24.4 Å². The Morgan fingerprint density at radius 3 is 2.21 bits per heavy atom. The molecule has 0 aliphatic carbocycles. The van der Waals surface area contributed by atoms with E-state index in [-0.39, 0.29) is 24.9 Å². The zero-order valence-electron chi connectivity index (χ0n) is 16.0. The smallest absolute Gasteiger partial charge is 0.253 e. The van der Waals surface area contributed by atoms with Crippen molar-refractivity contribution >= 4 is 18.3 Å². The molecule has 1 heterocycles. The van der Waals surface area contributed by atoms with Crippen LogP contribution in [0.5, 0.6) is 11.5 Å². The summed E-state index contributed by atoms with van der Waals surface area (Å²) in [6, 6.07) is 16.6. The number of aliphatic hydroxyl groups is 1. The molecular formula is C21H27ClN2O4. The molecule has 1 N–H and O–H groups in total. The third-order valence-corrected chi connectivity index (χ3v) is 4.65. The second-order valence-corrected chi connectivity index (χ2v) is 6.60. The number of hydrogen-bond donors (Lipinski definition) is 1. The van der Waals surface area contributed by atoms with E-state index in [0.29, 0.717) is 25.4 Å². The van der Waals surface area contributed by atoms with Crippen LogP contribution in [0.1, 0.15) is 10.4 Å². The zero-order valence-corrected chi connectivity index (χ0v) is 16.8. The maximum absolute atomic E-state index is 12.5. The lowest BCUT2D eigenvalue weighted by molar-refractivity contribution is 0.0403. The summed E-state index contributed by atoms with van der Waals surface area (Å²) in [4.78, 5) is 16.5. The Kier molecular flexibility index (Phi) is 8.57. The average Bonchev–Trinajstić information content (AvgIpc) is 2.73. The lowest BCUT2D eigenvalue weighted by atomic mass is 10.2. The molecule has 0 aromatic heterocycles. The monoisotopic (exact) mass is 406 g/mol. The maximum Gasteiger partial charge on any atom is 0.253 e. The molecule has 6 nitrogen and oxygen atoms in total. The fourth-order valence-electron chi connectivity index (χ4n) is 3.11. The molecule has 0 radical (unpaired) electrons. The number of methoxy groups -OCH3 is 1. The van der Waals surface area contributed by atoms with Gasteiger partial charge in [-0.05, 0) is 36.4 Å². The molecule has 0 bridgehead atoms. The normalized spacial score (nSPS) is 15.4. The Balaban J connectivity index is 0.00000280. The molecule has 28 heavy (non-hydrogen) atoms. The summed E-state index contributed by atoms with van der Waals surface area (Å²) >= 11 is 0. The van der Waals surface area contributed by atoms with Gasteiger partial charge in [0.2, 0.25) is 0 Å². The van der Waals surface area contributed by atoms with E-state index in [1.165, 1.54) is 0 Å². The van der Waals surface area contributed by atoms with Gasteiger partial charge in [-0.1, -0.05) is 18.2 Å². The maximum atomic E-state index is 12.5. The molecule has 1 aliphatic rings. The highest BCUT2D eigenvalue weighted by molar-refractivity contribution is 5.94. The van der Waals surface area contributed by atoms with Crippen LogP contribution in [-0.2, 0) is 0 Å². The second kappa shape index (κ2) is 10.9. The first kappa shape index (κ1) is 22.0. The summed E-state index contributed by atoms with van der Waals surface area (Å²) in [5.41, 5.74) is 0.721. The fourth-order valence-corrected chi connectivity index (χ4v) is 3.11. The minimum absolute atomic E-state index is 0. The zero-order chi connectivity index (χ0) is 19.1. The number of halogens is 1. The van der Waals surface area contributed by atoms with Crippen LogP contribution in [0, 0.1) is 0 Å². The van der Waals surface area contributed by atoms with Crippen molar-refractivity contribution in [3.63, 3.8) is 0 Å². The topological polar surface area (TPSA) is 62.2 Å². The summed E-state index contributed by atoms with van der Waals surface area (Å²) in [5.74, 6) is 1.54. The molecule has 1 amide bonds. The summed E-state index contributed by atoms with van der Waals surface area (Å²) in [6.45, 7) is 3.59. The Morgan fingerprint density at radius 2 is 1.61 bits per heavy atom. The van der Waals surface area contributed by atoms with Crippen LogP contribution >= 0.6 is 12.4 Å². The first-order chi connectivity index (χ1) is 13.2. The van der Waals surface area contributed by atoms with Gasteiger partial charge in [-0.2, -0.15) is 0 Å². The minimum atomic E-state index is -0.580. The van der Waals surface area contributed by atoms with Crippen molar-refractivity contribution in [2.75, 3.05) is 46.4 Å². The van der Waals surface area contributed by atoms with Crippen molar-refractivity contribution in [2.24, 2.45) is 0 Å². The third-order valence-electron chi connectivity index (χ3n) is 4.65. The highest BCUT2D eigenvalue weighted by atomic mass is 35.5. The van der Waals surface area contributed by atoms with Crippen LogP contribution in [0.3, 0.4) is 0 Å². The molecule has 152 valence electrons. The van der Waals surface area contributed by atoms with Gasteiger partial charge in [0.05, 0.1) is 7.11 Å². The number of hydrogen-bond acceptors (Lipinski definition) is 5. The lowest BCUT2D eigenvalue weighted by Gasteiger charge is -2.35. The van der Waals surface area contributed by atoms with Crippen molar-refractivity contribution in [2.45, 2.75) is 6.10 Å². The van der Waals surface area contributed by atoms with Crippen LogP contribution in [0.25, 0.3) is 0 Å². The van der Waals surface area contributed by atoms with E-state index in [1.807, 2.05) is 59.5 Å². The number of nitrogens with zero attached hydrogens (tertiary/aromatic N) is 2. The molecule has 1 aliphatic heterocycles. The lowest BCUT2D eigenvalue weighted by Crippen LogP contribution is -2.50. The van der Waals surface area contributed by atoms with Crippen molar-refractivity contribution in [3.8, 4) is 11.5 Å². The molecule has 0 spiro atoms. The number of ether oxygens (including phenoxy) is 2. The molecule has 1 atom stereocenters. The number of rotatable bonds is 7. The first-order valence-corrected chi connectivity index (χ1v) is 9.17. The van der Waals surface area contributed by atoms with Gasteiger partial charge in [-0.3, -0.25) is 9.69 Å². The summed E-state index contributed by atoms with van der Waals surface area (Å²) in [7, 11) is 1.62. The highest BCUT2D eigenvalue weighted by Crippen LogP contribution is 2.17. The molecular weight excluding hydrogens is 380 g/mol. The largest absolute Gasteiger partial charge is 0.497 e. The van der Waals surface area contributed by atoms with E-state index in [4.69, 9.17) is 9.47 Å². The summed E-state index contributed by atoms with van der Waals surface area (Å²) in [5, 5.41) is 10.2. The fraction of sp³-hybridized carbons (Fsp3) is 0.381. The number of carbonyl (C=O) groups is 1. The summed E-state index contributed by atoms with van der Waals surface area (Å²) < 4.78 is 10.7. The van der Waals surface area contributed by atoms with Gasteiger partial charge in [0.1, 0.15) is 24.2 Å². The quantitative estimate of drug-likeness (QED) is 0.764. The van der Waals surface area contributed by atoms with Crippen molar-refractivity contribution in [1.29, 1.82) is 0 Å². The van der Waals surface area contributed by atoms with Crippen molar-refractivity contribution < 1.29 is 19.4 Å². The number of amides is 1. The van der Waals surface area contributed by atoms with Crippen molar-refractivity contribution in [3.05, 3.63) is 60.2 Å². The molecule has 2 aromatic carbocycles. The Hall–Kier alpha value is -2.28. The van der Waals surface area contributed by atoms with Gasteiger partial charge in [-0.15, -0.1) is 12.4 Å². The molecule has 1 fully saturated rings. The van der Waals surface area contributed by atoms with Gasteiger partial charge in [0.15, 0.2) is 0 Å². The highest BCUT2D eigenvalue weighted by Gasteiger charge is 2.23. The number of carbonyl (C=O) groups excluding carboxylic acids is 1. The molecule has 1 saturated heterocycles. The van der Waals surface area contributed by atoms with Gasteiger partial charge in [0.25, 0.3) is 5.91 Å². The van der Waals surface area contributed by atoms with E-state index < -0.39 is 6.10 Å². The van der Waals surface area contributed by atoms with E-state index in [1.54, 1.807) is 7.11 Å². The Labute approximate surface area is 172 Å². The van der Waals surface area contributed by atoms with Crippen LogP contribution in [0.4, 0.5) is 0 Å².